The van der Waals surface area contributed by atoms with Gasteiger partial charge >= 0.3 is 0 Å². The first-order chi connectivity index (χ1) is 16.5. The molecule has 2 aromatic carbocycles. The van der Waals surface area contributed by atoms with Gasteiger partial charge in [0.25, 0.3) is 0 Å². The molecule has 0 amide bonds. The standard InChI is InChI=1S/C28H28ClNO4/c1-19(30-33-18-21-5-3-2-4-6-21)22-9-7-20(8-10-22)13-24-14-23(11-12-27(24)29)28-16-25(32)15-26(17-31)34-28/h2-3,5,7-12,14,25-26,28,31-32H,13,15-18H2,1H3/b30-19+. The van der Waals surface area contributed by atoms with Gasteiger partial charge in [-0.3, -0.25) is 0 Å². The Kier molecular flexibility index (Phi) is 8.21. The zero-order chi connectivity index (χ0) is 23.9. The molecule has 1 aliphatic carbocycles. The van der Waals surface area contributed by atoms with Gasteiger partial charge in [-0.1, -0.05) is 70.7 Å². The Morgan fingerprint density at radius 3 is 2.76 bits per heavy atom. The van der Waals surface area contributed by atoms with Crippen LogP contribution in [0.1, 0.15) is 48.1 Å². The van der Waals surface area contributed by atoms with Gasteiger partial charge in [-0.2, -0.15) is 0 Å². The molecule has 0 saturated carbocycles. The highest BCUT2D eigenvalue weighted by atomic mass is 35.5. The van der Waals surface area contributed by atoms with Gasteiger partial charge in [-0.25, -0.2) is 0 Å². The first-order valence-electron chi connectivity index (χ1n) is 11.4. The average Bonchev–Trinajstić information content (AvgIpc) is 2.86. The van der Waals surface area contributed by atoms with Gasteiger partial charge < -0.3 is 19.8 Å². The molecule has 0 radical (unpaired) electrons. The summed E-state index contributed by atoms with van der Waals surface area (Å²) in [5.41, 5.74) is 11.6. The Bertz CT molecular complexity index is 1170. The van der Waals surface area contributed by atoms with E-state index in [2.05, 4.69) is 28.8 Å². The topological polar surface area (TPSA) is 71.3 Å². The van der Waals surface area contributed by atoms with Gasteiger partial charge in [-0.05, 0) is 53.8 Å². The zero-order valence-electron chi connectivity index (χ0n) is 19.1. The van der Waals surface area contributed by atoms with Crippen molar-refractivity contribution in [2.24, 2.45) is 5.16 Å². The number of nitrogens with zero attached hydrogens (tertiary/aromatic N) is 1. The van der Waals surface area contributed by atoms with E-state index in [1.54, 1.807) is 6.08 Å². The zero-order valence-corrected chi connectivity index (χ0v) is 19.8. The van der Waals surface area contributed by atoms with E-state index < -0.39 is 6.10 Å². The fourth-order valence-electron chi connectivity index (χ4n) is 4.06. The lowest BCUT2D eigenvalue weighted by Crippen LogP contribution is -2.33. The number of oxime groups is 1. The summed E-state index contributed by atoms with van der Waals surface area (Å²) in [5.74, 6) is 0. The first kappa shape index (κ1) is 24.3. The minimum Gasteiger partial charge on any atom is -0.394 e. The Hall–Kier alpha value is -2.88. The Balaban J connectivity index is 1.41. The molecule has 5 nitrogen and oxygen atoms in total. The van der Waals surface area contributed by atoms with Gasteiger partial charge in [0.2, 0.25) is 0 Å². The molecule has 0 bridgehead atoms. The SMILES string of the molecule is C/C(=N\OCC1=C=C=CC=C1)c1ccc(Cc2cc(C3CC(O)CC(CO)O3)ccc2Cl)cc1. The summed E-state index contributed by atoms with van der Waals surface area (Å²) in [5, 5.41) is 24.5. The third-order valence-electron chi connectivity index (χ3n) is 5.92. The predicted molar refractivity (Wildman–Crippen MR) is 133 cm³/mol. The van der Waals surface area contributed by atoms with Crippen LogP contribution in [0.5, 0.6) is 0 Å². The number of rotatable bonds is 8. The summed E-state index contributed by atoms with van der Waals surface area (Å²) in [6.07, 6.45) is 6.14. The Labute approximate surface area is 205 Å². The van der Waals surface area contributed by atoms with Crippen molar-refractivity contribution in [1.29, 1.82) is 0 Å². The Morgan fingerprint density at radius 1 is 1.21 bits per heavy atom. The fourth-order valence-corrected chi connectivity index (χ4v) is 4.24. The van der Waals surface area contributed by atoms with Crippen LogP contribution in [0, 0.1) is 0 Å². The van der Waals surface area contributed by atoms with Crippen LogP contribution in [0.2, 0.25) is 5.02 Å². The van der Waals surface area contributed by atoms with Crippen LogP contribution in [-0.2, 0) is 16.0 Å². The van der Waals surface area contributed by atoms with Crippen molar-refractivity contribution in [3.05, 3.63) is 105 Å². The second-order valence-corrected chi connectivity index (χ2v) is 8.96. The number of hydrogen-bond acceptors (Lipinski definition) is 5. The van der Waals surface area contributed by atoms with Crippen molar-refractivity contribution in [3.8, 4) is 0 Å². The van der Waals surface area contributed by atoms with E-state index in [4.69, 9.17) is 21.2 Å². The van der Waals surface area contributed by atoms with Crippen LogP contribution in [0.4, 0.5) is 0 Å². The van der Waals surface area contributed by atoms with Crippen LogP contribution in [-0.4, -0.2) is 41.3 Å². The van der Waals surface area contributed by atoms with Gasteiger partial charge in [0.05, 0.1) is 30.6 Å². The molecule has 0 spiro atoms. The lowest BCUT2D eigenvalue weighted by molar-refractivity contribution is -0.113. The lowest BCUT2D eigenvalue weighted by atomic mass is 9.94. The van der Waals surface area contributed by atoms with Crippen molar-refractivity contribution in [2.75, 3.05) is 13.2 Å². The van der Waals surface area contributed by atoms with E-state index in [0.29, 0.717) is 30.9 Å². The van der Waals surface area contributed by atoms with E-state index in [-0.39, 0.29) is 18.8 Å². The molecule has 1 fully saturated rings. The summed E-state index contributed by atoms with van der Waals surface area (Å²) < 4.78 is 5.96. The van der Waals surface area contributed by atoms with E-state index in [9.17, 15) is 10.2 Å². The maximum Gasteiger partial charge on any atom is 0.150 e. The van der Waals surface area contributed by atoms with Gasteiger partial charge in [0.15, 0.2) is 0 Å². The normalized spacial score (nSPS) is 22.1. The molecule has 1 saturated heterocycles. The molecule has 1 heterocycles. The maximum absolute atomic E-state index is 10.1. The molecule has 6 heteroatoms. The number of benzene rings is 2. The number of ether oxygens (including phenoxy) is 1. The molecule has 2 aliphatic rings. The van der Waals surface area contributed by atoms with Crippen molar-refractivity contribution in [1.82, 2.24) is 0 Å². The maximum atomic E-state index is 10.1. The average molecular weight is 478 g/mol. The third kappa shape index (κ3) is 6.37. The van der Waals surface area contributed by atoms with E-state index in [1.807, 2.05) is 49.4 Å². The molecule has 3 unspecified atom stereocenters. The number of allylic oxidation sites excluding steroid dienone is 2. The minimum atomic E-state index is -0.486. The van der Waals surface area contributed by atoms with Crippen LogP contribution in [0.15, 0.2) is 82.9 Å². The summed E-state index contributed by atoms with van der Waals surface area (Å²) in [6.45, 7) is 2.16. The van der Waals surface area contributed by atoms with Crippen LogP contribution in [0.25, 0.3) is 0 Å². The van der Waals surface area contributed by atoms with Crippen molar-refractivity contribution < 1.29 is 19.8 Å². The summed E-state index contributed by atoms with van der Waals surface area (Å²) in [7, 11) is 0. The summed E-state index contributed by atoms with van der Waals surface area (Å²) >= 11 is 6.49. The highest BCUT2D eigenvalue weighted by molar-refractivity contribution is 6.31. The molecule has 4 rings (SSSR count). The number of hydrogen-bond donors (Lipinski definition) is 2. The molecule has 176 valence electrons. The largest absolute Gasteiger partial charge is 0.394 e. The summed E-state index contributed by atoms with van der Waals surface area (Å²) in [6, 6.07) is 14.0. The highest BCUT2D eigenvalue weighted by Crippen LogP contribution is 2.33. The van der Waals surface area contributed by atoms with Crippen molar-refractivity contribution >= 4 is 17.3 Å². The Morgan fingerprint density at radius 2 is 2.03 bits per heavy atom. The first-order valence-corrected chi connectivity index (χ1v) is 11.8. The quantitative estimate of drug-likeness (QED) is 0.317. The molecular formula is C28H28ClNO4. The van der Waals surface area contributed by atoms with E-state index >= 15 is 0 Å². The van der Waals surface area contributed by atoms with E-state index in [1.165, 1.54) is 0 Å². The monoisotopic (exact) mass is 477 g/mol. The van der Waals surface area contributed by atoms with Crippen molar-refractivity contribution in [2.45, 2.75) is 44.5 Å². The van der Waals surface area contributed by atoms with Gasteiger partial charge in [0.1, 0.15) is 6.61 Å². The van der Waals surface area contributed by atoms with Gasteiger partial charge in [0, 0.05) is 23.4 Å². The lowest BCUT2D eigenvalue weighted by Gasteiger charge is -2.32. The molecule has 2 aromatic rings. The van der Waals surface area contributed by atoms with Crippen LogP contribution in [0.3, 0.4) is 0 Å². The minimum absolute atomic E-state index is 0.0998. The summed E-state index contributed by atoms with van der Waals surface area (Å²) in [4.78, 5) is 5.45. The molecule has 2 N–H and O–H groups in total. The molecule has 34 heavy (non-hydrogen) atoms. The molecule has 3 atom stereocenters. The molecular weight excluding hydrogens is 450 g/mol. The number of aliphatic hydroxyl groups is 2. The predicted octanol–water partition coefficient (Wildman–Crippen LogP) is 5.05. The molecule has 1 aliphatic heterocycles. The fraction of sp³-hybridized carbons (Fsp3) is 0.321. The van der Waals surface area contributed by atoms with Crippen LogP contribution >= 0.6 is 11.6 Å². The second-order valence-electron chi connectivity index (χ2n) is 8.55. The second kappa shape index (κ2) is 11.5. The third-order valence-corrected chi connectivity index (χ3v) is 6.29. The van der Waals surface area contributed by atoms with Gasteiger partial charge in [-0.15, -0.1) is 0 Å². The number of aliphatic hydroxyl groups excluding tert-OH is 2. The number of halogens is 1. The van der Waals surface area contributed by atoms with E-state index in [0.717, 1.165) is 33.5 Å². The van der Waals surface area contributed by atoms with Crippen LogP contribution < -0.4 is 0 Å². The van der Waals surface area contributed by atoms with Crippen molar-refractivity contribution in [3.63, 3.8) is 0 Å². The smallest absolute Gasteiger partial charge is 0.150 e. The highest BCUT2D eigenvalue weighted by Gasteiger charge is 2.29. The molecule has 0 aromatic heterocycles.